The van der Waals surface area contributed by atoms with Crippen molar-refractivity contribution in [2.45, 2.75) is 38.6 Å². The van der Waals surface area contributed by atoms with Crippen LogP contribution >= 0.6 is 0 Å². The van der Waals surface area contributed by atoms with E-state index in [2.05, 4.69) is 36.5 Å². The number of rotatable bonds is 6. The van der Waals surface area contributed by atoms with Gasteiger partial charge < -0.3 is 15.0 Å². The van der Waals surface area contributed by atoms with Crippen molar-refractivity contribution in [3.05, 3.63) is 35.9 Å². The van der Waals surface area contributed by atoms with Crippen molar-refractivity contribution in [2.75, 3.05) is 32.8 Å². The van der Waals surface area contributed by atoms with Gasteiger partial charge in [0.15, 0.2) is 0 Å². The molecule has 2 fully saturated rings. The molecule has 0 aromatic heterocycles. The quantitative estimate of drug-likeness (QED) is 0.872. The van der Waals surface area contributed by atoms with Crippen molar-refractivity contribution >= 4 is 5.91 Å². The summed E-state index contributed by atoms with van der Waals surface area (Å²) in [5, 5.41) is 3.53. The third-order valence-electron chi connectivity index (χ3n) is 5.30. The van der Waals surface area contributed by atoms with Crippen LogP contribution in [0, 0.1) is 11.8 Å². The highest BCUT2D eigenvalue weighted by atomic mass is 16.5. The Morgan fingerprint density at radius 3 is 2.88 bits per heavy atom. The van der Waals surface area contributed by atoms with E-state index in [1.54, 1.807) is 0 Å². The van der Waals surface area contributed by atoms with Crippen LogP contribution in [-0.4, -0.2) is 43.7 Å². The maximum Gasteiger partial charge on any atom is 0.236 e. The molecule has 24 heavy (non-hydrogen) atoms. The van der Waals surface area contributed by atoms with Crippen molar-refractivity contribution in [3.8, 4) is 0 Å². The zero-order valence-electron chi connectivity index (χ0n) is 14.7. The Kier molecular flexibility index (Phi) is 6.27. The first kappa shape index (κ1) is 17.4. The van der Waals surface area contributed by atoms with Gasteiger partial charge in [0.2, 0.25) is 5.91 Å². The number of nitrogens with one attached hydrogen (secondary N) is 1. The fraction of sp³-hybridized carbons (Fsp3) is 0.650. The van der Waals surface area contributed by atoms with Gasteiger partial charge >= 0.3 is 0 Å². The summed E-state index contributed by atoms with van der Waals surface area (Å²) < 4.78 is 5.52. The van der Waals surface area contributed by atoms with Crippen LogP contribution in [-0.2, 0) is 9.53 Å². The SMILES string of the molecule is CC1CCCN(C(=O)CNC(CC2CCOC2)c2ccccc2)C1. The standard InChI is InChI=1S/C20H30N2O2/c1-16-6-5-10-22(14-16)20(23)13-21-19(12-17-9-11-24-15-17)18-7-3-2-4-8-18/h2-4,7-8,16-17,19,21H,5-6,9-15H2,1H3. The third kappa shape index (κ3) is 4.81. The molecule has 0 spiro atoms. The van der Waals surface area contributed by atoms with Gasteiger partial charge in [-0.2, -0.15) is 0 Å². The molecule has 2 aliphatic rings. The summed E-state index contributed by atoms with van der Waals surface area (Å²) in [7, 11) is 0. The van der Waals surface area contributed by atoms with Crippen LogP contribution in [0.2, 0.25) is 0 Å². The van der Waals surface area contributed by atoms with Gasteiger partial charge in [-0.15, -0.1) is 0 Å². The molecule has 1 aromatic carbocycles. The molecular formula is C20H30N2O2. The predicted molar refractivity (Wildman–Crippen MR) is 95.7 cm³/mol. The molecule has 2 heterocycles. The molecule has 132 valence electrons. The van der Waals surface area contributed by atoms with Crippen LogP contribution in [0.1, 0.15) is 44.2 Å². The molecule has 0 saturated carbocycles. The fourth-order valence-corrected chi connectivity index (χ4v) is 3.86. The summed E-state index contributed by atoms with van der Waals surface area (Å²) >= 11 is 0. The molecular weight excluding hydrogens is 300 g/mol. The Morgan fingerprint density at radius 1 is 1.33 bits per heavy atom. The average Bonchev–Trinajstić information content (AvgIpc) is 3.12. The van der Waals surface area contributed by atoms with Gasteiger partial charge in [0.1, 0.15) is 0 Å². The highest BCUT2D eigenvalue weighted by Crippen LogP contribution is 2.26. The monoisotopic (exact) mass is 330 g/mol. The van der Waals surface area contributed by atoms with Gasteiger partial charge in [0.25, 0.3) is 0 Å². The largest absolute Gasteiger partial charge is 0.381 e. The van der Waals surface area contributed by atoms with E-state index in [9.17, 15) is 4.79 Å². The zero-order valence-corrected chi connectivity index (χ0v) is 14.7. The van der Waals surface area contributed by atoms with E-state index in [1.165, 1.54) is 12.0 Å². The van der Waals surface area contributed by atoms with Crippen molar-refractivity contribution in [1.29, 1.82) is 0 Å². The lowest BCUT2D eigenvalue weighted by atomic mass is 9.94. The third-order valence-corrected chi connectivity index (χ3v) is 5.30. The summed E-state index contributed by atoms with van der Waals surface area (Å²) in [5.74, 6) is 1.46. The van der Waals surface area contributed by atoms with Gasteiger partial charge in [-0.3, -0.25) is 4.79 Å². The maximum absolute atomic E-state index is 12.6. The minimum Gasteiger partial charge on any atom is -0.381 e. The van der Waals surface area contributed by atoms with Crippen LogP contribution in [0.15, 0.2) is 30.3 Å². The number of hydrogen-bond acceptors (Lipinski definition) is 3. The molecule has 2 aliphatic heterocycles. The van der Waals surface area contributed by atoms with E-state index < -0.39 is 0 Å². The molecule has 3 atom stereocenters. The Labute approximate surface area is 145 Å². The molecule has 3 rings (SSSR count). The number of nitrogens with zero attached hydrogens (tertiary/aromatic N) is 1. The number of hydrogen-bond donors (Lipinski definition) is 1. The van der Waals surface area contributed by atoms with Crippen LogP contribution in [0.4, 0.5) is 0 Å². The molecule has 4 heteroatoms. The number of carbonyl (C=O) groups is 1. The summed E-state index contributed by atoms with van der Waals surface area (Å²) in [6.45, 7) is 6.21. The van der Waals surface area contributed by atoms with Gasteiger partial charge in [-0.05, 0) is 43.1 Å². The van der Waals surface area contributed by atoms with E-state index in [4.69, 9.17) is 4.74 Å². The Hall–Kier alpha value is -1.39. The van der Waals surface area contributed by atoms with E-state index in [0.717, 1.165) is 45.6 Å². The first-order chi connectivity index (χ1) is 11.7. The second kappa shape index (κ2) is 8.63. The van der Waals surface area contributed by atoms with Crippen molar-refractivity contribution in [3.63, 3.8) is 0 Å². The van der Waals surface area contributed by atoms with E-state index >= 15 is 0 Å². The van der Waals surface area contributed by atoms with Crippen LogP contribution in [0.5, 0.6) is 0 Å². The van der Waals surface area contributed by atoms with Crippen LogP contribution < -0.4 is 5.32 Å². The number of benzene rings is 1. The summed E-state index contributed by atoms with van der Waals surface area (Å²) in [6, 6.07) is 10.7. The minimum atomic E-state index is 0.226. The highest BCUT2D eigenvalue weighted by molar-refractivity contribution is 5.78. The molecule has 2 saturated heterocycles. The number of piperidine rings is 1. The van der Waals surface area contributed by atoms with Gasteiger partial charge in [0.05, 0.1) is 6.54 Å². The Morgan fingerprint density at radius 2 is 2.17 bits per heavy atom. The minimum absolute atomic E-state index is 0.226. The van der Waals surface area contributed by atoms with E-state index in [-0.39, 0.29) is 11.9 Å². The summed E-state index contributed by atoms with van der Waals surface area (Å²) in [5.41, 5.74) is 1.27. The molecule has 3 unspecified atom stereocenters. The molecule has 4 nitrogen and oxygen atoms in total. The van der Waals surface area contributed by atoms with E-state index in [1.807, 2.05) is 11.0 Å². The van der Waals surface area contributed by atoms with Gasteiger partial charge in [-0.25, -0.2) is 0 Å². The Balaban J connectivity index is 1.57. The van der Waals surface area contributed by atoms with Gasteiger partial charge in [0, 0.05) is 32.3 Å². The summed E-state index contributed by atoms with van der Waals surface area (Å²) in [4.78, 5) is 14.6. The first-order valence-electron chi connectivity index (χ1n) is 9.36. The lowest BCUT2D eigenvalue weighted by molar-refractivity contribution is -0.132. The van der Waals surface area contributed by atoms with Crippen LogP contribution in [0.3, 0.4) is 0 Å². The second-order valence-electron chi connectivity index (χ2n) is 7.40. The number of carbonyl (C=O) groups excluding carboxylic acids is 1. The Bertz CT molecular complexity index is 514. The van der Waals surface area contributed by atoms with Crippen molar-refractivity contribution in [2.24, 2.45) is 11.8 Å². The van der Waals surface area contributed by atoms with Gasteiger partial charge in [-0.1, -0.05) is 37.3 Å². The molecule has 1 amide bonds. The predicted octanol–water partition coefficient (Wildman–Crippen LogP) is 3.00. The lowest BCUT2D eigenvalue weighted by Crippen LogP contribution is -2.44. The average molecular weight is 330 g/mol. The number of likely N-dealkylation sites (tertiary alicyclic amines) is 1. The molecule has 0 aliphatic carbocycles. The number of ether oxygens (including phenoxy) is 1. The highest BCUT2D eigenvalue weighted by Gasteiger charge is 2.24. The van der Waals surface area contributed by atoms with Crippen molar-refractivity contribution in [1.82, 2.24) is 10.2 Å². The topological polar surface area (TPSA) is 41.6 Å². The fourth-order valence-electron chi connectivity index (χ4n) is 3.86. The molecule has 1 N–H and O–H groups in total. The van der Waals surface area contributed by atoms with Crippen molar-refractivity contribution < 1.29 is 9.53 Å². The molecule has 0 radical (unpaired) electrons. The zero-order chi connectivity index (χ0) is 16.8. The second-order valence-corrected chi connectivity index (χ2v) is 7.40. The number of amides is 1. The summed E-state index contributed by atoms with van der Waals surface area (Å²) in [6.07, 6.45) is 4.54. The molecule has 0 bridgehead atoms. The lowest BCUT2D eigenvalue weighted by Gasteiger charge is -2.32. The maximum atomic E-state index is 12.6. The first-order valence-corrected chi connectivity index (χ1v) is 9.36. The smallest absolute Gasteiger partial charge is 0.236 e. The van der Waals surface area contributed by atoms with E-state index in [0.29, 0.717) is 18.4 Å². The normalized spacial score (nSPS) is 25.6. The van der Waals surface area contributed by atoms with Crippen LogP contribution in [0.25, 0.3) is 0 Å². The molecule has 1 aromatic rings.